The van der Waals surface area contributed by atoms with Gasteiger partial charge in [-0.2, -0.15) is 0 Å². The summed E-state index contributed by atoms with van der Waals surface area (Å²) in [5.41, 5.74) is 0. The highest BCUT2D eigenvalue weighted by molar-refractivity contribution is 5.83. The molecule has 1 fully saturated rings. The van der Waals surface area contributed by atoms with Crippen molar-refractivity contribution >= 4 is 12.0 Å². The van der Waals surface area contributed by atoms with Crippen molar-refractivity contribution < 1.29 is 14.3 Å². The van der Waals surface area contributed by atoms with Gasteiger partial charge in [-0.25, -0.2) is 9.59 Å². The summed E-state index contributed by atoms with van der Waals surface area (Å²) in [6.45, 7) is 5.28. The standard InChI is InChI=1S/C11H20N2O3/c1-8-5-4-6-13(7-8)11(15)12-9(2)10(14)16-3/h8-9H,4-7H2,1-3H3,(H,12,15). The second kappa shape index (κ2) is 5.72. The van der Waals surface area contributed by atoms with E-state index in [1.165, 1.54) is 7.11 Å². The number of piperidine rings is 1. The van der Waals surface area contributed by atoms with E-state index in [0.29, 0.717) is 5.92 Å². The van der Waals surface area contributed by atoms with Crippen molar-refractivity contribution in [1.29, 1.82) is 0 Å². The number of ether oxygens (including phenoxy) is 1. The molecule has 1 aliphatic rings. The van der Waals surface area contributed by atoms with Crippen LogP contribution in [-0.2, 0) is 9.53 Å². The Balaban J connectivity index is 2.42. The third kappa shape index (κ3) is 3.40. The van der Waals surface area contributed by atoms with Gasteiger partial charge in [0.25, 0.3) is 0 Å². The number of hydrogen-bond acceptors (Lipinski definition) is 3. The first-order valence-corrected chi connectivity index (χ1v) is 5.68. The molecule has 0 aliphatic carbocycles. The first-order chi connectivity index (χ1) is 7.54. The molecule has 1 N–H and O–H groups in total. The number of hydrogen-bond donors (Lipinski definition) is 1. The van der Waals surface area contributed by atoms with Crippen LogP contribution in [0.5, 0.6) is 0 Å². The minimum Gasteiger partial charge on any atom is -0.467 e. The summed E-state index contributed by atoms with van der Waals surface area (Å²) in [5.74, 6) is 0.117. The Morgan fingerprint density at radius 1 is 1.50 bits per heavy atom. The van der Waals surface area contributed by atoms with Gasteiger partial charge in [-0.05, 0) is 25.7 Å². The molecule has 2 unspecified atom stereocenters. The van der Waals surface area contributed by atoms with E-state index in [1.54, 1.807) is 11.8 Å². The highest BCUT2D eigenvalue weighted by atomic mass is 16.5. The zero-order valence-electron chi connectivity index (χ0n) is 10.2. The van der Waals surface area contributed by atoms with E-state index >= 15 is 0 Å². The lowest BCUT2D eigenvalue weighted by atomic mass is 10.0. The van der Waals surface area contributed by atoms with Gasteiger partial charge in [0, 0.05) is 13.1 Å². The Hall–Kier alpha value is -1.26. The van der Waals surface area contributed by atoms with Crippen molar-refractivity contribution in [3.05, 3.63) is 0 Å². The van der Waals surface area contributed by atoms with Gasteiger partial charge in [-0.15, -0.1) is 0 Å². The smallest absolute Gasteiger partial charge is 0.328 e. The molecule has 1 rings (SSSR count). The van der Waals surface area contributed by atoms with Gasteiger partial charge in [0.15, 0.2) is 0 Å². The molecule has 16 heavy (non-hydrogen) atoms. The Morgan fingerprint density at radius 3 is 2.75 bits per heavy atom. The molecule has 0 aromatic rings. The zero-order valence-corrected chi connectivity index (χ0v) is 10.2. The van der Waals surface area contributed by atoms with Crippen LogP contribution in [0.2, 0.25) is 0 Å². The summed E-state index contributed by atoms with van der Waals surface area (Å²) in [6.07, 6.45) is 2.19. The lowest BCUT2D eigenvalue weighted by molar-refractivity contribution is -0.142. The number of methoxy groups -OCH3 is 1. The number of urea groups is 1. The Kier molecular flexibility index (Phi) is 4.58. The van der Waals surface area contributed by atoms with Crippen LogP contribution in [0.4, 0.5) is 4.79 Å². The lowest BCUT2D eigenvalue weighted by Crippen LogP contribution is -2.49. The first kappa shape index (κ1) is 12.8. The quantitative estimate of drug-likeness (QED) is 0.717. The zero-order chi connectivity index (χ0) is 12.1. The first-order valence-electron chi connectivity index (χ1n) is 5.68. The number of nitrogens with one attached hydrogen (secondary N) is 1. The van der Waals surface area contributed by atoms with Crippen LogP contribution >= 0.6 is 0 Å². The number of nitrogens with zero attached hydrogens (tertiary/aromatic N) is 1. The monoisotopic (exact) mass is 228 g/mol. The summed E-state index contributed by atoms with van der Waals surface area (Å²) in [4.78, 5) is 24.7. The number of esters is 1. The predicted octanol–water partition coefficient (Wildman–Crippen LogP) is 0.989. The van der Waals surface area contributed by atoms with E-state index in [0.717, 1.165) is 25.9 Å². The molecule has 2 atom stereocenters. The van der Waals surface area contributed by atoms with Gasteiger partial charge in [0.2, 0.25) is 0 Å². The fourth-order valence-corrected chi connectivity index (χ4v) is 1.89. The summed E-state index contributed by atoms with van der Waals surface area (Å²) in [7, 11) is 1.31. The van der Waals surface area contributed by atoms with Crippen molar-refractivity contribution in [2.45, 2.75) is 32.7 Å². The van der Waals surface area contributed by atoms with Gasteiger partial charge in [-0.3, -0.25) is 0 Å². The van der Waals surface area contributed by atoms with E-state index in [9.17, 15) is 9.59 Å². The van der Waals surface area contributed by atoms with E-state index in [1.807, 2.05) is 0 Å². The largest absolute Gasteiger partial charge is 0.467 e. The molecule has 5 heteroatoms. The molecule has 1 saturated heterocycles. The van der Waals surface area contributed by atoms with E-state index < -0.39 is 12.0 Å². The molecule has 5 nitrogen and oxygen atoms in total. The summed E-state index contributed by atoms with van der Waals surface area (Å²) >= 11 is 0. The maximum Gasteiger partial charge on any atom is 0.328 e. The van der Waals surface area contributed by atoms with Gasteiger partial charge >= 0.3 is 12.0 Å². The van der Waals surface area contributed by atoms with Gasteiger partial charge < -0.3 is 15.0 Å². The number of rotatable bonds is 2. The molecular weight excluding hydrogens is 208 g/mol. The van der Waals surface area contributed by atoms with Crippen LogP contribution < -0.4 is 5.32 Å². The number of carbonyl (C=O) groups excluding carboxylic acids is 2. The average molecular weight is 228 g/mol. The number of amides is 2. The fourth-order valence-electron chi connectivity index (χ4n) is 1.89. The second-order valence-electron chi connectivity index (χ2n) is 4.39. The van der Waals surface area contributed by atoms with Crippen LogP contribution in [0.15, 0.2) is 0 Å². The van der Waals surface area contributed by atoms with Crippen molar-refractivity contribution in [3.8, 4) is 0 Å². The van der Waals surface area contributed by atoms with Crippen LogP contribution in [0.25, 0.3) is 0 Å². The Bertz CT molecular complexity index is 268. The Morgan fingerprint density at radius 2 is 2.19 bits per heavy atom. The highest BCUT2D eigenvalue weighted by Crippen LogP contribution is 2.15. The molecule has 92 valence electrons. The lowest BCUT2D eigenvalue weighted by Gasteiger charge is -2.31. The van der Waals surface area contributed by atoms with E-state index in [-0.39, 0.29) is 6.03 Å². The van der Waals surface area contributed by atoms with Crippen molar-refractivity contribution in [2.75, 3.05) is 20.2 Å². The molecular formula is C11H20N2O3. The molecule has 0 aromatic carbocycles. The molecule has 2 amide bonds. The molecule has 0 radical (unpaired) electrons. The maximum atomic E-state index is 11.8. The molecule has 1 aliphatic heterocycles. The van der Waals surface area contributed by atoms with Gasteiger partial charge in [0.05, 0.1) is 7.11 Å². The third-order valence-electron chi connectivity index (χ3n) is 2.84. The predicted molar refractivity (Wildman–Crippen MR) is 60.0 cm³/mol. The molecule has 0 spiro atoms. The number of carbonyl (C=O) groups is 2. The molecule has 0 aromatic heterocycles. The maximum absolute atomic E-state index is 11.8. The summed E-state index contributed by atoms with van der Waals surface area (Å²) < 4.78 is 4.55. The van der Waals surface area contributed by atoms with Crippen LogP contribution in [0, 0.1) is 5.92 Å². The topological polar surface area (TPSA) is 58.6 Å². The average Bonchev–Trinajstić information content (AvgIpc) is 2.27. The summed E-state index contributed by atoms with van der Waals surface area (Å²) in [6, 6.07) is -0.765. The highest BCUT2D eigenvalue weighted by Gasteiger charge is 2.23. The SMILES string of the molecule is COC(=O)C(C)NC(=O)N1CCCC(C)C1. The molecule has 1 heterocycles. The molecule has 0 bridgehead atoms. The molecule has 0 saturated carbocycles. The van der Waals surface area contributed by atoms with E-state index in [4.69, 9.17) is 0 Å². The van der Waals surface area contributed by atoms with E-state index in [2.05, 4.69) is 17.0 Å². The fraction of sp³-hybridized carbons (Fsp3) is 0.818. The third-order valence-corrected chi connectivity index (χ3v) is 2.84. The summed E-state index contributed by atoms with van der Waals surface area (Å²) in [5, 5.41) is 2.63. The second-order valence-corrected chi connectivity index (χ2v) is 4.39. The van der Waals surface area contributed by atoms with Gasteiger partial charge in [0.1, 0.15) is 6.04 Å². The van der Waals surface area contributed by atoms with Crippen LogP contribution in [0.1, 0.15) is 26.7 Å². The minimum atomic E-state index is -0.588. The minimum absolute atomic E-state index is 0.176. The van der Waals surface area contributed by atoms with Crippen molar-refractivity contribution in [2.24, 2.45) is 5.92 Å². The van der Waals surface area contributed by atoms with Crippen LogP contribution in [0.3, 0.4) is 0 Å². The van der Waals surface area contributed by atoms with Crippen LogP contribution in [-0.4, -0.2) is 43.1 Å². The van der Waals surface area contributed by atoms with Gasteiger partial charge in [-0.1, -0.05) is 6.92 Å². The Labute approximate surface area is 96.1 Å². The number of likely N-dealkylation sites (tertiary alicyclic amines) is 1. The normalized spacial score (nSPS) is 22.4. The van der Waals surface area contributed by atoms with Crippen molar-refractivity contribution in [3.63, 3.8) is 0 Å². The van der Waals surface area contributed by atoms with Crippen molar-refractivity contribution in [1.82, 2.24) is 10.2 Å².